The van der Waals surface area contributed by atoms with E-state index in [1.54, 1.807) is 6.07 Å². The first-order chi connectivity index (χ1) is 8.43. The van der Waals surface area contributed by atoms with Crippen LogP contribution in [0.15, 0.2) is 15.8 Å². The lowest BCUT2D eigenvalue weighted by atomic mass is 9.94. The van der Waals surface area contributed by atoms with Gasteiger partial charge in [-0.2, -0.15) is 5.26 Å². The van der Waals surface area contributed by atoms with Crippen molar-refractivity contribution in [2.75, 3.05) is 6.61 Å². The van der Waals surface area contributed by atoms with Crippen LogP contribution >= 0.6 is 0 Å². The number of aromatic nitrogens is 2. The predicted molar refractivity (Wildman–Crippen MR) is 64.3 cm³/mol. The minimum atomic E-state index is -0.634. The van der Waals surface area contributed by atoms with Crippen LogP contribution in [0, 0.1) is 11.3 Å². The monoisotopic (exact) mass is 249 g/mol. The molecule has 0 spiro atoms. The first-order valence-corrected chi connectivity index (χ1v) is 5.82. The van der Waals surface area contributed by atoms with Gasteiger partial charge in [0.15, 0.2) is 0 Å². The van der Waals surface area contributed by atoms with Crippen LogP contribution in [0.4, 0.5) is 0 Å². The number of hydrogen-bond acceptors (Lipinski definition) is 4. The fraction of sp³-hybridized carbons (Fsp3) is 0.583. The van der Waals surface area contributed by atoms with E-state index in [0.717, 1.165) is 0 Å². The van der Waals surface area contributed by atoms with Crippen LogP contribution < -0.4 is 11.2 Å². The highest BCUT2D eigenvalue weighted by atomic mass is 16.5. The summed E-state index contributed by atoms with van der Waals surface area (Å²) in [4.78, 5) is 25.3. The highest BCUT2D eigenvalue weighted by molar-refractivity contribution is 5.22. The van der Waals surface area contributed by atoms with Gasteiger partial charge >= 0.3 is 5.69 Å². The molecule has 1 saturated heterocycles. The maximum atomic E-state index is 11.8. The normalized spacial score (nSPS) is 22.4. The molecule has 1 aliphatic rings. The smallest absolute Gasteiger partial charge is 0.328 e. The zero-order valence-corrected chi connectivity index (χ0v) is 10.4. The van der Waals surface area contributed by atoms with E-state index in [1.165, 1.54) is 10.8 Å². The number of H-pyrrole nitrogens is 1. The summed E-state index contributed by atoms with van der Waals surface area (Å²) < 4.78 is 7.02. The molecule has 6 heteroatoms. The van der Waals surface area contributed by atoms with Crippen LogP contribution in [0.25, 0.3) is 0 Å². The molecule has 96 valence electrons. The van der Waals surface area contributed by atoms with Crippen LogP contribution in [-0.4, -0.2) is 21.8 Å². The Balaban J connectivity index is 2.43. The minimum absolute atomic E-state index is 0.0427. The predicted octanol–water partition coefficient (Wildman–Crippen LogP) is 0.538. The fourth-order valence-corrected chi connectivity index (χ4v) is 2.27. The lowest BCUT2D eigenvalue weighted by Crippen LogP contribution is -2.40. The molecule has 2 rings (SSSR count). The Morgan fingerprint density at radius 3 is 2.89 bits per heavy atom. The van der Waals surface area contributed by atoms with Crippen LogP contribution in [-0.2, 0) is 4.74 Å². The molecule has 6 nitrogen and oxygen atoms in total. The van der Waals surface area contributed by atoms with Crippen LogP contribution in [0.3, 0.4) is 0 Å². The van der Waals surface area contributed by atoms with Gasteiger partial charge in [0.1, 0.15) is 11.6 Å². The maximum Gasteiger partial charge on any atom is 0.328 e. The molecule has 1 fully saturated rings. The van der Waals surface area contributed by atoms with Gasteiger partial charge in [-0.15, -0.1) is 0 Å². The number of nitrogens with zero attached hydrogens (tertiary/aromatic N) is 2. The lowest BCUT2D eigenvalue weighted by molar-refractivity contribution is -0.0697. The Morgan fingerprint density at radius 1 is 1.56 bits per heavy atom. The first-order valence-electron chi connectivity index (χ1n) is 5.82. The van der Waals surface area contributed by atoms with E-state index in [2.05, 4.69) is 4.98 Å². The Hall–Kier alpha value is -1.87. The number of hydrogen-bond donors (Lipinski definition) is 1. The quantitative estimate of drug-likeness (QED) is 0.786. The summed E-state index contributed by atoms with van der Waals surface area (Å²) in [6, 6.07) is 1.74. The number of aromatic amines is 1. The number of nitriles is 1. The van der Waals surface area contributed by atoms with Gasteiger partial charge in [0.05, 0.1) is 5.60 Å². The molecule has 0 aliphatic carbocycles. The van der Waals surface area contributed by atoms with Gasteiger partial charge in [0, 0.05) is 18.8 Å². The maximum absolute atomic E-state index is 11.8. The Bertz CT molecular complexity index is 606. The first kappa shape index (κ1) is 12.6. The average Bonchev–Trinajstić information content (AvgIpc) is 2.27. The molecular formula is C12H15N3O3. The van der Waals surface area contributed by atoms with Crippen LogP contribution in [0.2, 0.25) is 0 Å². The van der Waals surface area contributed by atoms with Crippen molar-refractivity contribution >= 4 is 0 Å². The van der Waals surface area contributed by atoms with Gasteiger partial charge in [-0.05, 0) is 26.7 Å². The largest absolute Gasteiger partial charge is 0.375 e. The number of ether oxygens (including phenoxy) is 1. The van der Waals surface area contributed by atoms with E-state index in [-0.39, 0.29) is 17.2 Å². The number of nitrogens with one attached hydrogen (secondary N) is 1. The third kappa shape index (κ3) is 2.36. The molecule has 1 N–H and O–H groups in total. The molecule has 1 atom stereocenters. The van der Waals surface area contributed by atoms with Crippen molar-refractivity contribution in [1.29, 1.82) is 5.26 Å². The summed E-state index contributed by atoms with van der Waals surface area (Å²) in [5, 5.41) is 8.82. The standard InChI is InChI=1S/C12H15N3O3/c1-12(2)5-9(3-4-18-12)15-7-8(6-13)10(16)14-11(15)17/h7,9H,3-5H2,1-2H3,(H,14,16,17). The molecule has 1 unspecified atom stereocenters. The van der Waals surface area contributed by atoms with Crippen molar-refractivity contribution in [3.63, 3.8) is 0 Å². The summed E-state index contributed by atoms with van der Waals surface area (Å²) in [6.07, 6.45) is 2.71. The second kappa shape index (κ2) is 4.42. The van der Waals surface area contributed by atoms with Crippen molar-refractivity contribution in [2.45, 2.75) is 38.3 Å². The summed E-state index contributed by atoms with van der Waals surface area (Å²) in [5.74, 6) is 0. The molecule has 18 heavy (non-hydrogen) atoms. The summed E-state index contributed by atoms with van der Waals surface area (Å²) in [5.41, 5.74) is -1.45. The van der Waals surface area contributed by atoms with Crippen molar-refractivity contribution in [2.24, 2.45) is 0 Å². The molecule has 0 saturated carbocycles. The molecule has 1 aromatic rings. The molecule has 1 aliphatic heterocycles. The Labute approximate surface area is 104 Å². The van der Waals surface area contributed by atoms with E-state index in [9.17, 15) is 9.59 Å². The second-order valence-corrected chi connectivity index (χ2v) is 5.08. The van der Waals surface area contributed by atoms with Gasteiger partial charge in [-0.1, -0.05) is 0 Å². The molecular weight excluding hydrogens is 234 g/mol. The molecule has 0 radical (unpaired) electrons. The second-order valence-electron chi connectivity index (χ2n) is 5.08. The Morgan fingerprint density at radius 2 is 2.28 bits per heavy atom. The van der Waals surface area contributed by atoms with E-state index in [1.807, 2.05) is 13.8 Å². The van der Waals surface area contributed by atoms with E-state index in [4.69, 9.17) is 10.00 Å². The van der Waals surface area contributed by atoms with Crippen molar-refractivity contribution in [3.8, 4) is 6.07 Å². The van der Waals surface area contributed by atoms with Gasteiger partial charge in [0.25, 0.3) is 5.56 Å². The molecule has 0 amide bonds. The van der Waals surface area contributed by atoms with Crippen molar-refractivity contribution < 1.29 is 4.74 Å². The molecule has 2 heterocycles. The SMILES string of the molecule is CC1(C)CC(n2cc(C#N)c(=O)[nH]c2=O)CCO1. The fourth-order valence-electron chi connectivity index (χ4n) is 2.27. The molecule has 1 aromatic heterocycles. The highest BCUT2D eigenvalue weighted by Crippen LogP contribution is 2.30. The van der Waals surface area contributed by atoms with Gasteiger partial charge < -0.3 is 4.74 Å². The van der Waals surface area contributed by atoms with E-state index >= 15 is 0 Å². The van der Waals surface area contributed by atoms with Crippen molar-refractivity contribution in [1.82, 2.24) is 9.55 Å². The van der Waals surface area contributed by atoms with Gasteiger partial charge in [0.2, 0.25) is 0 Å². The van der Waals surface area contributed by atoms with Crippen LogP contribution in [0.1, 0.15) is 38.3 Å². The topological polar surface area (TPSA) is 87.9 Å². The summed E-state index contributed by atoms with van der Waals surface area (Å²) >= 11 is 0. The highest BCUT2D eigenvalue weighted by Gasteiger charge is 2.30. The molecule has 0 bridgehead atoms. The Kier molecular flexibility index (Phi) is 3.09. The molecule has 0 aromatic carbocycles. The zero-order chi connectivity index (χ0) is 13.3. The summed E-state index contributed by atoms with van der Waals surface area (Å²) in [6.45, 7) is 4.48. The van der Waals surface area contributed by atoms with Crippen LogP contribution in [0.5, 0.6) is 0 Å². The van der Waals surface area contributed by atoms with Gasteiger partial charge in [-0.25, -0.2) is 4.79 Å². The third-order valence-corrected chi connectivity index (χ3v) is 3.15. The zero-order valence-electron chi connectivity index (χ0n) is 10.4. The summed E-state index contributed by atoms with van der Waals surface area (Å²) in [7, 11) is 0. The van der Waals surface area contributed by atoms with Gasteiger partial charge in [-0.3, -0.25) is 14.3 Å². The van der Waals surface area contributed by atoms with E-state index in [0.29, 0.717) is 19.4 Å². The lowest BCUT2D eigenvalue weighted by Gasteiger charge is -2.36. The number of rotatable bonds is 1. The van der Waals surface area contributed by atoms with Crippen molar-refractivity contribution in [3.05, 3.63) is 32.6 Å². The van der Waals surface area contributed by atoms with E-state index < -0.39 is 11.2 Å². The third-order valence-electron chi connectivity index (χ3n) is 3.15. The minimum Gasteiger partial charge on any atom is -0.375 e. The average molecular weight is 249 g/mol.